The number of nitrogens with one attached hydrogen (secondary N) is 1. The monoisotopic (exact) mass is 256 g/mol. The number of ether oxygens (including phenoxy) is 1. The second-order valence-electron chi connectivity index (χ2n) is 4.65. The quantitative estimate of drug-likeness (QED) is 0.690. The molecular formula is C13H24N2OS. The number of rotatable bonds is 9. The fourth-order valence-corrected chi connectivity index (χ4v) is 2.08. The summed E-state index contributed by atoms with van der Waals surface area (Å²) in [6.07, 6.45) is 2.16. The zero-order valence-corrected chi connectivity index (χ0v) is 12.0. The van der Waals surface area contributed by atoms with Crippen LogP contribution in [0.1, 0.15) is 31.0 Å². The Labute approximate surface area is 109 Å². The van der Waals surface area contributed by atoms with E-state index >= 15 is 0 Å². The zero-order valence-electron chi connectivity index (χ0n) is 11.2. The van der Waals surface area contributed by atoms with Gasteiger partial charge in [-0.2, -0.15) is 0 Å². The fourth-order valence-electron chi connectivity index (χ4n) is 1.43. The van der Waals surface area contributed by atoms with Crippen LogP contribution in [0.3, 0.4) is 0 Å². The van der Waals surface area contributed by atoms with Gasteiger partial charge in [0.15, 0.2) is 0 Å². The summed E-state index contributed by atoms with van der Waals surface area (Å²) >= 11 is 1.72. The van der Waals surface area contributed by atoms with E-state index in [0.717, 1.165) is 50.1 Å². The highest BCUT2D eigenvalue weighted by Gasteiger charge is 1.97. The van der Waals surface area contributed by atoms with Gasteiger partial charge in [-0.1, -0.05) is 13.8 Å². The Kier molecular flexibility index (Phi) is 7.40. The van der Waals surface area contributed by atoms with Crippen LogP contribution in [-0.2, 0) is 11.2 Å². The second-order valence-corrected chi connectivity index (χ2v) is 5.71. The minimum absolute atomic E-state index is 0.732. The standard InChI is InChI=1S/C13H24N2OS/c1-11(2)5-8-16-9-7-14-6-4-13-10-17-12(3)15-13/h10-11,14H,4-9H2,1-3H3. The molecule has 98 valence electrons. The molecule has 0 aromatic carbocycles. The van der Waals surface area contributed by atoms with Crippen LogP contribution >= 0.6 is 11.3 Å². The SMILES string of the molecule is Cc1nc(CCNCCOCCC(C)C)cs1. The van der Waals surface area contributed by atoms with Crippen molar-refractivity contribution in [3.63, 3.8) is 0 Å². The molecule has 0 spiro atoms. The number of thiazole rings is 1. The van der Waals surface area contributed by atoms with E-state index in [2.05, 4.69) is 29.5 Å². The molecule has 0 radical (unpaired) electrons. The topological polar surface area (TPSA) is 34.2 Å². The Hall–Kier alpha value is -0.450. The Morgan fingerprint density at radius 3 is 2.82 bits per heavy atom. The maximum atomic E-state index is 5.52. The fraction of sp³-hybridized carbons (Fsp3) is 0.769. The molecule has 0 amide bonds. The van der Waals surface area contributed by atoms with E-state index in [1.807, 2.05) is 6.92 Å². The number of hydrogen-bond donors (Lipinski definition) is 1. The van der Waals surface area contributed by atoms with Crippen molar-refractivity contribution < 1.29 is 4.74 Å². The molecule has 4 heteroatoms. The molecular weight excluding hydrogens is 232 g/mol. The molecule has 3 nitrogen and oxygen atoms in total. The first-order valence-corrected chi connectivity index (χ1v) is 7.26. The van der Waals surface area contributed by atoms with Gasteiger partial charge in [0, 0.05) is 31.5 Å². The lowest BCUT2D eigenvalue weighted by Crippen LogP contribution is -2.22. The largest absolute Gasteiger partial charge is 0.380 e. The van der Waals surface area contributed by atoms with Crippen molar-refractivity contribution in [2.75, 3.05) is 26.3 Å². The van der Waals surface area contributed by atoms with Gasteiger partial charge in [0.2, 0.25) is 0 Å². The number of aryl methyl sites for hydroxylation is 1. The van der Waals surface area contributed by atoms with E-state index < -0.39 is 0 Å². The van der Waals surface area contributed by atoms with Crippen LogP contribution in [0.4, 0.5) is 0 Å². The van der Waals surface area contributed by atoms with Gasteiger partial charge in [-0.05, 0) is 19.3 Å². The number of aromatic nitrogens is 1. The molecule has 1 rings (SSSR count). The summed E-state index contributed by atoms with van der Waals surface area (Å²) in [6, 6.07) is 0. The highest BCUT2D eigenvalue weighted by atomic mass is 32.1. The van der Waals surface area contributed by atoms with Crippen molar-refractivity contribution in [1.82, 2.24) is 10.3 Å². The predicted octanol–water partition coefficient (Wildman–Crippen LogP) is 2.65. The van der Waals surface area contributed by atoms with Crippen molar-refractivity contribution in [3.05, 3.63) is 16.1 Å². The molecule has 0 aliphatic heterocycles. The van der Waals surface area contributed by atoms with Crippen LogP contribution in [0.5, 0.6) is 0 Å². The van der Waals surface area contributed by atoms with Gasteiger partial charge >= 0.3 is 0 Å². The van der Waals surface area contributed by atoms with Gasteiger partial charge in [0.1, 0.15) is 0 Å². The molecule has 1 heterocycles. The minimum atomic E-state index is 0.732. The first-order chi connectivity index (χ1) is 8.18. The van der Waals surface area contributed by atoms with Crippen molar-refractivity contribution in [1.29, 1.82) is 0 Å². The van der Waals surface area contributed by atoms with Crippen LogP contribution < -0.4 is 5.32 Å². The minimum Gasteiger partial charge on any atom is -0.380 e. The first kappa shape index (κ1) is 14.6. The number of nitrogens with zero attached hydrogens (tertiary/aromatic N) is 1. The van der Waals surface area contributed by atoms with Crippen LogP contribution in [0, 0.1) is 12.8 Å². The molecule has 0 aliphatic rings. The number of hydrogen-bond acceptors (Lipinski definition) is 4. The van der Waals surface area contributed by atoms with Crippen LogP contribution in [-0.4, -0.2) is 31.3 Å². The van der Waals surface area contributed by atoms with Crippen molar-refractivity contribution in [3.8, 4) is 0 Å². The Balaban J connectivity index is 1.88. The Bertz CT molecular complexity index is 299. The molecule has 0 aliphatic carbocycles. The zero-order chi connectivity index (χ0) is 12.5. The lowest BCUT2D eigenvalue weighted by Gasteiger charge is -2.07. The van der Waals surface area contributed by atoms with Gasteiger partial charge in [-0.3, -0.25) is 0 Å². The Morgan fingerprint density at radius 1 is 1.35 bits per heavy atom. The summed E-state index contributed by atoms with van der Waals surface area (Å²) in [5, 5.41) is 6.66. The molecule has 0 unspecified atom stereocenters. The van der Waals surface area contributed by atoms with Crippen molar-refractivity contribution in [2.24, 2.45) is 5.92 Å². The molecule has 1 N–H and O–H groups in total. The lowest BCUT2D eigenvalue weighted by atomic mass is 10.1. The third-order valence-corrected chi connectivity index (χ3v) is 3.31. The summed E-state index contributed by atoms with van der Waals surface area (Å²) in [4.78, 5) is 4.42. The summed E-state index contributed by atoms with van der Waals surface area (Å²) in [5.74, 6) is 0.732. The summed E-state index contributed by atoms with van der Waals surface area (Å²) in [5.41, 5.74) is 1.20. The van der Waals surface area contributed by atoms with Gasteiger partial charge in [-0.25, -0.2) is 4.98 Å². The Morgan fingerprint density at radius 2 is 2.18 bits per heavy atom. The molecule has 0 fully saturated rings. The maximum Gasteiger partial charge on any atom is 0.0897 e. The van der Waals surface area contributed by atoms with Crippen LogP contribution in [0.25, 0.3) is 0 Å². The summed E-state index contributed by atoms with van der Waals surface area (Å²) in [6.45, 7) is 10.1. The van der Waals surface area contributed by atoms with Crippen molar-refractivity contribution in [2.45, 2.75) is 33.6 Å². The molecule has 1 aromatic rings. The predicted molar refractivity (Wildman–Crippen MR) is 73.7 cm³/mol. The molecule has 0 saturated heterocycles. The highest BCUT2D eigenvalue weighted by molar-refractivity contribution is 7.09. The van der Waals surface area contributed by atoms with E-state index in [4.69, 9.17) is 4.74 Å². The van der Waals surface area contributed by atoms with E-state index in [1.165, 1.54) is 5.69 Å². The third-order valence-electron chi connectivity index (χ3n) is 2.49. The second kappa shape index (κ2) is 8.61. The highest BCUT2D eigenvalue weighted by Crippen LogP contribution is 2.07. The van der Waals surface area contributed by atoms with Crippen LogP contribution in [0.2, 0.25) is 0 Å². The average Bonchev–Trinajstić information content (AvgIpc) is 2.68. The lowest BCUT2D eigenvalue weighted by molar-refractivity contribution is 0.125. The smallest absolute Gasteiger partial charge is 0.0897 e. The summed E-state index contributed by atoms with van der Waals surface area (Å²) in [7, 11) is 0. The van der Waals surface area contributed by atoms with Gasteiger partial charge in [0.05, 0.1) is 17.3 Å². The maximum absolute atomic E-state index is 5.52. The molecule has 0 saturated carbocycles. The normalized spacial score (nSPS) is 11.3. The van der Waals surface area contributed by atoms with Gasteiger partial charge in [0.25, 0.3) is 0 Å². The summed E-state index contributed by atoms with van der Waals surface area (Å²) < 4.78 is 5.52. The van der Waals surface area contributed by atoms with Gasteiger partial charge < -0.3 is 10.1 Å². The molecule has 0 bridgehead atoms. The van der Waals surface area contributed by atoms with E-state index in [1.54, 1.807) is 11.3 Å². The van der Waals surface area contributed by atoms with Crippen molar-refractivity contribution >= 4 is 11.3 Å². The van der Waals surface area contributed by atoms with E-state index in [-0.39, 0.29) is 0 Å². The van der Waals surface area contributed by atoms with Crippen LogP contribution in [0.15, 0.2) is 5.38 Å². The first-order valence-electron chi connectivity index (χ1n) is 6.38. The average molecular weight is 256 g/mol. The van der Waals surface area contributed by atoms with Gasteiger partial charge in [-0.15, -0.1) is 11.3 Å². The van der Waals surface area contributed by atoms with E-state index in [9.17, 15) is 0 Å². The third kappa shape index (κ3) is 7.47. The molecule has 0 atom stereocenters. The molecule has 1 aromatic heterocycles. The van der Waals surface area contributed by atoms with E-state index in [0.29, 0.717) is 0 Å². The molecule has 17 heavy (non-hydrogen) atoms.